The second-order valence-electron chi connectivity index (χ2n) is 4.24. The van der Waals surface area contributed by atoms with Gasteiger partial charge >= 0.3 is 0 Å². The van der Waals surface area contributed by atoms with Crippen molar-refractivity contribution < 1.29 is 4.74 Å². The topological polar surface area (TPSA) is 57.2 Å². The van der Waals surface area contributed by atoms with Gasteiger partial charge in [-0.2, -0.15) is 0 Å². The summed E-state index contributed by atoms with van der Waals surface area (Å²) in [5.41, 5.74) is 8.04. The minimum Gasteiger partial charge on any atom is -0.496 e. The number of nitrogens with zero attached hydrogens (tertiary/aromatic N) is 1. The van der Waals surface area contributed by atoms with Gasteiger partial charge < -0.3 is 15.0 Å². The lowest BCUT2D eigenvalue weighted by Gasteiger charge is -2.11. The highest BCUT2D eigenvalue weighted by Gasteiger charge is 2.05. The molecule has 94 valence electrons. The van der Waals surface area contributed by atoms with Crippen molar-refractivity contribution in [3.63, 3.8) is 0 Å². The molecule has 2 aromatic rings. The Balaban J connectivity index is 2.39. The molecule has 1 aromatic carbocycles. The first-order valence-corrected chi connectivity index (χ1v) is 5.69. The standard InChI is InChI=1S/C14H16N2O2/c1-10-3-4-13(18-2)11(7-10)9-16-6-5-12(15)8-14(16)17/h3-8H,9,15H2,1-2H3. The van der Waals surface area contributed by atoms with Gasteiger partial charge in [0.05, 0.1) is 13.7 Å². The van der Waals surface area contributed by atoms with E-state index in [4.69, 9.17) is 10.5 Å². The molecule has 2 N–H and O–H groups in total. The summed E-state index contributed by atoms with van der Waals surface area (Å²) >= 11 is 0. The Morgan fingerprint density at radius 3 is 2.72 bits per heavy atom. The van der Waals surface area contributed by atoms with Gasteiger partial charge in [0.25, 0.3) is 5.56 Å². The summed E-state index contributed by atoms with van der Waals surface area (Å²) in [6, 6.07) is 9.04. The number of hydrogen-bond acceptors (Lipinski definition) is 3. The van der Waals surface area contributed by atoms with Gasteiger partial charge in [0.1, 0.15) is 5.75 Å². The van der Waals surface area contributed by atoms with Gasteiger partial charge in [-0.3, -0.25) is 4.79 Å². The van der Waals surface area contributed by atoms with Crippen LogP contribution < -0.4 is 16.0 Å². The fraction of sp³-hybridized carbons (Fsp3) is 0.214. The molecule has 0 saturated heterocycles. The molecule has 2 rings (SSSR count). The van der Waals surface area contributed by atoms with Gasteiger partial charge in [0, 0.05) is 23.5 Å². The lowest BCUT2D eigenvalue weighted by Crippen LogP contribution is -2.19. The van der Waals surface area contributed by atoms with Crippen molar-refractivity contribution in [2.24, 2.45) is 0 Å². The maximum absolute atomic E-state index is 11.8. The molecule has 18 heavy (non-hydrogen) atoms. The smallest absolute Gasteiger partial charge is 0.252 e. The van der Waals surface area contributed by atoms with E-state index in [1.54, 1.807) is 23.9 Å². The molecule has 1 aromatic heterocycles. The zero-order valence-corrected chi connectivity index (χ0v) is 10.5. The van der Waals surface area contributed by atoms with Crippen molar-refractivity contribution in [3.05, 3.63) is 58.0 Å². The van der Waals surface area contributed by atoms with Crippen LogP contribution in [-0.2, 0) is 6.54 Å². The van der Waals surface area contributed by atoms with Gasteiger partial charge in [-0.05, 0) is 19.1 Å². The van der Waals surface area contributed by atoms with E-state index < -0.39 is 0 Å². The number of rotatable bonds is 3. The summed E-state index contributed by atoms with van der Waals surface area (Å²) in [7, 11) is 1.62. The number of nitrogen functional groups attached to an aromatic ring is 1. The van der Waals surface area contributed by atoms with Crippen LogP contribution in [0.5, 0.6) is 5.75 Å². The maximum atomic E-state index is 11.8. The Kier molecular flexibility index (Phi) is 3.37. The Labute approximate surface area is 106 Å². The van der Waals surface area contributed by atoms with Crippen LogP contribution in [0.15, 0.2) is 41.3 Å². The van der Waals surface area contributed by atoms with Crippen LogP contribution in [0.1, 0.15) is 11.1 Å². The first-order chi connectivity index (χ1) is 8.60. The van der Waals surface area contributed by atoms with Gasteiger partial charge in [-0.25, -0.2) is 0 Å². The van der Waals surface area contributed by atoms with Crippen molar-refractivity contribution in [1.29, 1.82) is 0 Å². The Bertz CT molecular complexity index is 617. The Hall–Kier alpha value is -2.23. The average Bonchev–Trinajstić information content (AvgIpc) is 2.33. The summed E-state index contributed by atoms with van der Waals surface area (Å²) in [5.74, 6) is 0.782. The average molecular weight is 244 g/mol. The van der Waals surface area contributed by atoms with Crippen LogP contribution in [0.2, 0.25) is 0 Å². The van der Waals surface area contributed by atoms with Crippen molar-refractivity contribution in [2.45, 2.75) is 13.5 Å². The fourth-order valence-electron chi connectivity index (χ4n) is 1.87. The zero-order chi connectivity index (χ0) is 13.1. The van der Waals surface area contributed by atoms with E-state index >= 15 is 0 Å². The molecule has 0 radical (unpaired) electrons. The number of pyridine rings is 1. The normalized spacial score (nSPS) is 10.3. The highest BCUT2D eigenvalue weighted by Crippen LogP contribution is 2.20. The highest BCUT2D eigenvalue weighted by atomic mass is 16.5. The van der Waals surface area contributed by atoms with Crippen LogP contribution in [0.4, 0.5) is 5.69 Å². The monoisotopic (exact) mass is 244 g/mol. The molecule has 4 nitrogen and oxygen atoms in total. The van der Waals surface area contributed by atoms with Gasteiger partial charge in [0.15, 0.2) is 0 Å². The van der Waals surface area contributed by atoms with Gasteiger partial charge in [-0.15, -0.1) is 0 Å². The molecule has 1 heterocycles. The molecule has 0 aliphatic carbocycles. The molecule has 4 heteroatoms. The summed E-state index contributed by atoms with van der Waals surface area (Å²) in [5, 5.41) is 0. The number of anilines is 1. The first-order valence-electron chi connectivity index (χ1n) is 5.69. The van der Waals surface area contributed by atoms with Crippen LogP contribution in [0.25, 0.3) is 0 Å². The third kappa shape index (κ3) is 2.53. The molecule has 0 saturated carbocycles. The van der Waals surface area contributed by atoms with E-state index in [1.807, 2.05) is 25.1 Å². The van der Waals surface area contributed by atoms with Crippen LogP contribution in [0, 0.1) is 6.92 Å². The number of benzene rings is 1. The van der Waals surface area contributed by atoms with Crippen molar-refractivity contribution in [3.8, 4) is 5.75 Å². The van der Waals surface area contributed by atoms with Crippen LogP contribution in [0.3, 0.4) is 0 Å². The largest absolute Gasteiger partial charge is 0.496 e. The minimum atomic E-state index is -0.112. The molecule has 0 fully saturated rings. The molecule has 0 unspecified atom stereocenters. The summed E-state index contributed by atoms with van der Waals surface area (Å²) in [6.45, 7) is 2.48. The van der Waals surface area contributed by atoms with E-state index in [9.17, 15) is 4.79 Å². The number of aromatic nitrogens is 1. The number of nitrogens with two attached hydrogens (primary N) is 1. The minimum absolute atomic E-state index is 0.112. The van der Waals surface area contributed by atoms with E-state index in [0.29, 0.717) is 12.2 Å². The Morgan fingerprint density at radius 1 is 1.28 bits per heavy atom. The van der Waals surface area contributed by atoms with Crippen molar-refractivity contribution in [1.82, 2.24) is 4.57 Å². The van der Waals surface area contributed by atoms with Gasteiger partial charge in [0.2, 0.25) is 0 Å². The Morgan fingerprint density at radius 2 is 2.06 bits per heavy atom. The lowest BCUT2D eigenvalue weighted by atomic mass is 10.1. The third-order valence-electron chi connectivity index (χ3n) is 2.80. The SMILES string of the molecule is COc1ccc(C)cc1Cn1ccc(N)cc1=O. The number of ether oxygens (including phenoxy) is 1. The lowest BCUT2D eigenvalue weighted by molar-refractivity contribution is 0.408. The van der Waals surface area contributed by atoms with Crippen LogP contribution in [-0.4, -0.2) is 11.7 Å². The predicted molar refractivity (Wildman–Crippen MR) is 71.9 cm³/mol. The molecule has 0 atom stereocenters. The quantitative estimate of drug-likeness (QED) is 0.895. The predicted octanol–water partition coefficient (Wildman–Crippen LogP) is 1.80. The highest BCUT2D eigenvalue weighted by molar-refractivity contribution is 5.38. The molecule has 0 amide bonds. The molecule has 0 bridgehead atoms. The summed E-state index contributed by atoms with van der Waals surface area (Å²) in [4.78, 5) is 11.8. The van der Waals surface area contributed by atoms with E-state index in [-0.39, 0.29) is 5.56 Å². The molecule has 0 aliphatic rings. The molecular weight excluding hydrogens is 228 g/mol. The first kappa shape index (κ1) is 12.2. The molecule has 0 aliphatic heterocycles. The number of aryl methyl sites for hydroxylation is 1. The van der Waals surface area contributed by atoms with E-state index in [2.05, 4.69) is 0 Å². The van der Waals surface area contributed by atoms with Crippen molar-refractivity contribution in [2.75, 3.05) is 12.8 Å². The van der Waals surface area contributed by atoms with Gasteiger partial charge in [-0.1, -0.05) is 17.7 Å². The molecule has 0 spiro atoms. The van der Waals surface area contributed by atoms with E-state index in [1.165, 1.54) is 6.07 Å². The maximum Gasteiger partial charge on any atom is 0.252 e. The van der Waals surface area contributed by atoms with Crippen molar-refractivity contribution >= 4 is 5.69 Å². The summed E-state index contributed by atoms with van der Waals surface area (Å²) in [6.07, 6.45) is 1.69. The second-order valence-corrected chi connectivity index (χ2v) is 4.24. The fourth-order valence-corrected chi connectivity index (χ4v) is 1.87. The molecular formula is C14H16N2O2. The van der Waals surface area contributed by atoms with Crippen LogP contribution >= 0.6 is 0 Å². The number of hydrogen-bond donors (Lipinski definition) is 1. The van der Waals surface area contributed by atoms with E-state index in [0.717, 1.165) is 16.9 Å². The second kappa shape index (κ2) is 4.96. The number of methoxy groups -OCH3 is 1. The summed E-state index contributed by atoms with van der Waals surface area (Å²) < 4.78 is 6.90. The zero-order valence-electron chi connectivity index (χ0n) is 10.5. The third-order valence-corrected chi connectivity index (χ3v) is 2.80.